The van der Waals surface area contributed by atoms with Crippen LogP contribution in [0.2, 0.25) is 0 Å². The van der Waals surface area contributed by atoms with Gasteiger partial charge in [-0.15, -0.1) is 0 Å². The summed E-state index contributed by atoms with van der Waals surface area (Å²) in [5.74, 6) is -0.330. The molecule has 0 aliphatic rings. The van der Waals surface area contributed by atoms with E-state index in [1.165, 1.54) is 193 Å². The molecule has 2 atom stereocenters. The minimum atomic E-state index is -4.28. The van der Waals surface area contributed by atoms with E-state index in [2.05, 4.69) is 50.3 Å². The van der Waals surface area contributed by atoms with E-state index in [9.17, 15) is 14.3 Å². The maximum Gasteiger partial charge on any atom is 0.472 e. The van der Waals surface area contributed by atoms with E-state index in [1.807, 2.05) is 0 Å². The number of rotatable bonds is 50. The van der Waals surface area contributed by atoms with E-state index >= 15 is 0 Å². The van der Waals surface area contributed by atoms with Gasteiger partial charge in [0.15, 0.2) is 0 Å². The topological polar surface area (TPSA) is 117 Å². The Morgan fingerprint density at radius 2 is 0.869 bits per heavy atom. The van der Waals surface area contributed by atoms with Gasteiger partial charge in [0.25, 0.3) is 0 Å². The molecule has 61 heavy (non-hydrogen) atoms. The summed E-state index contributed by atoms with van der Waals surface area (Å²) in [5.41, 5.74) is 5.39. The lowest BCUT2D eigenvalue weighted by atomic mass is 10.0. The Morgan fingerprint density at radius 1 is 0.492 bits per heavy atom. The third kappa shape index (κ3) is 49.6. The molecule has 0 heterocycles. The predicted molar refractivity (Wildman–Crippen MR) is 261 cm³/mol. The van der Waals surface area contributed by atoms with E-state index < -0.39 is 13.9 Å². The first-order valence-electron chi connectivity index (χ1n) is 26.0. The molecule has 0 saturated heterocycles. The third-order valence-electron chi connectivity index (χ3n) is 11.3. The molecule has 0 fully saturated rings. The van der Waals surface area contributed by atoms with Crippen LogP contribution < -0.4 is 5.73 Å². The minimum absolute atomic E-state index is 0.0958. The fourth-order valence-corrected chi connectivity index (χ4v) is 8.20. The van der Waals surface area contributed by atoms with Crippen molar-refractivity contribution in [2.45, 2.75) is 258 Å². The average Bonchev–Trinajstić information content (AvgIpc) is 3.25. The molecular formula is C52H100NO7P. The number of allylic oxidation sites excluding steroid dienone is 6. The van der Waals surface area contributed by atoms with E-state index in [1.54, 1.807) is 0 Å². The zero-order chi connectivity index (χ0) is 44.4. The van der Waals surface area contributed by atoms with Crippen molar-refractivity contribution in [3.05, 3.63) is 36.5 Å². The highest BCUT2D eigenvalue weighted by molar-refractivity contribution is 7.47. The van der Waals surface area contributed by atoms with Crippen molar-refractivity contribution in [3.63, 3.8) is 0 Å². The lowest BCUT2D eigenvalue weighted by Gasteiger charge is -2.20. The van der Waals surface area contributed by atoms with E-state index in [0.717, 1.165) is 38.5 Å². The zero-order valence-corrected chi connectivity index (χ0v) is 41.1. The van der Waals surface area contributed by atoms with Crippen LogP contribution in [0.4, 0.5) is 0 Å². The molecule has 3 N–H and O–H groups in total. The molecule has 0 bridgehead atoms. The summed E-state index contributed by atoms with van der Waals surface area (Å²) >= 11 is 0. The van der Waals surface area contributed by atoms with E-state index in [-0.39, 0.29) is 32.3 Å². The van der Waals surface area contributed by atoms with Crippen molar-refractivity contribution in [2.24, 2.45) is 5.73 Å². The summed E-state index contributed by atoms with van der Waals surface area (Å²) in [4.78, 5) is 22.6. The van der Waals surface area contributed by atoms with Crippen molar-refractivity contribution in [2.75, 3.05) is 33.0 Å². The van der Waals surface area contributed by atoms with Gasteiger partial charge in [-0.1, -0.05) is 211 Å². The molecule has 8 nitrogen and oxygen atoms in total. The molecule has 9 heteroatoms. The number of unbranched alkanes of at least 4 members (excludes halogenated alkanes) is 31. The number of hydrogen-bond acceptors (Lipinski definition) is 7. The highest BCUT2D eigenvalue weighted by Gasteiger charge is 2.25. The summed E-state index contributed by atoms with van der Waals surface area (Å²) in [6.07, 6.45) is 58.9. The Labute approximate surface area is 378 Å². The summed E-state index contributed by atoms with van der Waals surface area (Å²) in [6, 6.07) is 0. The van der Waals surface area contributed by atoms with Gasteiger partial charge in [-0.05, 0) is 70.6 Å². The van der Waals surface area contributed by atoms with Crippen LogP contribution in [0, 0.1) is 0 Å². The molecule has 0 aromatic heterocycles. The second-order valence-corrected chi connectivity index (χ2v) is 18.8. The van der Waals surface area contributed by atoms with Gasteiger partial charge in [0.1, 0.15) is 6.10 Å². The summed E-state index contributed by atoms with van der Waals surface area (Å²) in [6.45, 7) is 4.94. The lowest BCUT2D eigenvalue weighted by molar-refractivity contribution is -0.154. The number of hydrogen-bond donors (Lipinski definition) is 2. The monoisotopic (exact) mass is 882 g/mol. The van der Waals surface area contributed by atoms with Crippen LogP contribution in [-0.4, -0.2) is 49.9 Å². The Kier molecular flexibility index (Phi) is 48.7. The van der Waals surface area contributed by atoms with Crippen LogP contribution in [-0.2, 0) is 27.9 Å². The first kappa shape index (κ1) is 59.7. The molecule has 0 saturated carbocycles. The molecule has 0 aliphatic carbocycles. The Balaban J connectivity index is 3.93. The van der Waals surface area contributed by atoms with Crippen LogP contribution >= 0.6 is 7.82 Å². The fraction of sp³-hybridized carbons (Fsp3) is 0.865. The van der Waals surface area contributed by atoms with Crippen molar-refractivity contribution in [1.82, 2.24) is 0 Å². The first-order valence-corrected chi connectivity index (χ1v) is 27.5. The van der Waals surface area contributed by atoms with E-state index in [4.69, 9.17) is 24.3 Å². The van der Waals surface area contributed by atoms with Crippen LogP contribution in [0.1, 0.15) is 251 Å². The fourth-order valence-electron chi connectivity index (χ4n) is 7.44. The highest BCUT2D eigenvalue weighted by Crippen LogP contribution is 2.43. The maximum absolute atomic E-state index is 12.7. The van der Waals surface area contributed by atoms with Gasteiger partial charge >= 0.3 is 13.8 Å². The summed E-state index contributed by atoms with van der Waals surface area (Å²) in [5, 5.41) is 0. The quantitative estimate of drug-likeness (QED) is 0.0268. The van der Waals surface area contributed by atoms with Crippen LogP contribution in [0.3, 0.4) is 0 Å². The Bertz CT molecular complexity index is 1040. The van der Waals surface area contributed by atoms with Crippen LogP contribution in [0.15, 0.2) is 36.5 Å². The Hall–Kier alpha value is -1.28. The molecule has 0 amide bonds. The second kappa shape index (κ2) is 49.7. The van der Waals surface area contributed by atoms with E-state index in [0.29, 0.717) is 13.0 Å². The van der Waals surface area contributed by atoms with Gasteiger partial charge in [-0.25, -0.2) is 4.57 Å². The standard InChI is InChI=1S/C52H100NO7P/c1-3-5-7-9-11-13-15-17-19-21-23-24-25-26-27-29-31-33-35-37-39-41-43-45-52(54)60-51(50-59-61(55,56)58-48-46-53)49-57-47-44-42-40-38-36-34-32-30-28-22-20-18-16-14-12-10-8-6-4-2/h15,17,20-23,51H,3-14,16,18-19,24-50,53H2,1-2H3,(H,55,56)/b17-15-,22-20-,23-21-. The van der Waals surface area contributed by atoms with Gasteiger partial charge in [-0.2, -0.15) is 0 Å². The number of carbonyl (C=O) groups is 1. The van der Waals surface area contributed by atoms with Crippen molar-refractivity contribution < 1.29 is 32.8 Å². The van der Waals surface area contributed by atoms with Gasteiger partial charge in [0.05, 0.1) is 19.8 Å². The van der Waals surface area contributed by atoms with Crippen LogP contribution in [0.25, 0.3) is 0 Å². The highest BCUT2D eigenvalue weighted by atomic mass is 31.2. The molecule has 0 rings (SSSR count). The normalized spacial score (nSPS) is 13.6. The molecule has 0 radical (unpaired) electrons. The largest absolute Gasteiger partial charge is 0.472 e. The summed E-state index contributed by atoms with van der Waals surface area (Å²) < 4.78 is 33.6. The molecular weight excluding hydrogens is 782 g/mol. The minimum Gasteiger partial charge on any atom is -0.457 e. The number of phosphoric ester groups is 1. The van der Waals surface area contributed by atoms with Gasteiger partial charge in [0.2, 0.25) is 0 Å². The van der Waals surface area contributed by atoms with Crippen molar-refractivity contribution in [1.29, 1.82) is 0 Å². The molecule has 0 aromatic carbocycles. The molecule has 0 aliphatic heterocycles. The zero-order valence-electron chi connectivity index (χ0n) is 40.2. The van der Waals surface area contributed by atoms with Crippen molar-refractivity contribution >= 4 is 13.8 Å². The molecule has 2 unspecified atom stereocenters. The number of ether oxygens (including phenoxy) is 2. The van der Waals surface area contributed by atoms with Gasteiger partial charge in [0, 0.05) is 19.6 Å². The number of phosphoric acid groups is 1. The predicted octanol–water partition coefficient (Wildman–Crippen LogP) is 16.1. The molecule has 0 spiro atoms. The maximum atomic E-state index is 12.7. The smallest absolute Gasteiger partial charge is 0.457 e. The molecule has 0 aromatic rings. The first-order chi connectivity index (χ1) is 29.9. The lowest BCUT2D eigenvalue weighted by Crippen LogP contribution is -2.28. The average molecular weight is 882 g/mol. The van der Waals surface area contributed by atoms with Gasteiger partial charge in [-0.3, -0.25) is 13.8 Å². The van der Waals surface area contributed by atoms with Crippen molar-refractivity contribution in [3.8, 4) is 0 Å². The molecule has 360 valence electrons. The summed E-state index contributed by atoms with van der Waals surface area (Å²) in [7, 11) is -4.28. The SMILES string of the molecule is CCCCCCC/C=C\C/C=C\CCCCCCCCCCCCCC(=O)OC(COCCCCCCCCCC/C=C\CCCCCCCCC)COP(=O)(O)OCCN. The Morgan fingerprint density at radius 3 is 1.30 bits per heavy atom. The number of nitrogens with two attached hydrogens (primary N) is 1. The van der Waals surface area contributed by atoms with Crippen LogP contribution in [0.5, 0.6) is 0 Å². The van der Waals surface area contributed by atoms with Gasteiger partial charge < -0.3 is 20.1 Å². The number of esters is 1. The third-order valence-corrected chi connectivity index (χ3v) is 12.3. The number of carbonyl (C=O) groups excluding carboxylic acids is 1. The second-order valence-electron chi connectivity index (χ2n) is 17.4.